The number of nitrogens with one attached hydrogen (secondary N) is 1. The summed E-state index contributed by atoms with van der Waals surface area (Å²) in [4.78, 5) is 22.0. The number of carbonyl (C=O) groups excluding carboxylic acids is 1. The summed E-state index contributed by atoms with van der Waals surface area (Å²) in [5.41, 5.74) is 4.43. The van der Waals surface area contributed by atoms with Crippen molar-refractivity contribution in [1.82, 2.24) is 19.7 Å². The Kier molecular flexibility index (Phi) is 3.61. The van der Waals surface area contributed by atoms with Crippen molar-refractivity contribution in [2.24, 2.45) is 0 Å². The highest BCUT2D eigenvalue weighted by Crippen LogP contribution is 2.28. The third-order valence-corrected chi connectivity index (χ3v) is 5.33. The van der Waals surface area contributed by atoms with Gasteiger partial charge in [-0.3, -0.25) is 14.2 Å². The van der Waals surface area contributed by atoms with Gasteiger partial charge in [0.25, 0.3) is 0 Å². The second-order valence-electron chi connectivity index (χ2n) is 6.03. The van der Waals surface area contributed by atoms with Crippen molar-refractivity contribution in [2.75, 3.05) is 0 Å². The van der Waals surface area contributed by atoms with Crippen LogP contribution < -0.4 is 5.32 Å². The molecule has 118 valence electrons. The van der Waals surface area contributed by atoms with Crippen molar-refractivity contribution in [3.05, 3.63) is 52.6 Å². The summed E-state index contributed by atoms with van der Waals surface area (Å²) in [6.07, 6.45) is 9.12. The van der Waals surface area contributed by atoms with Crippen LogP contribution in [0.15, 0.2) is 30.0 Å². The number of carbonyl (C=O) groups is 1. The highest BCUT2D eigenvalue weighted by Gasteiger charge is 2.22. The minimum atomic E-state index is 0.0306. The second-order valence-corrected chi connectivity index (χ2v) is 6.86. The van der Waals surface area contributed by atoms with E-state index < -0.39 is 0 Å². The lowest BCUT2D eigenvalue weighted by Crippen LogP contribution is -2.32. The summed E-state index contributed by atoms with van der Waals surface area (Å²) in [6, 6.07) is 2.12. The SMILES string of the molecule is Cc1csc2nc(CC(=O)NC3CCCc4cnccc43)cn12. The third-order valence-electron chi connectivity index (χ3n) is 4.37. The fourth-order valence-corrected chi connectivity index (χ4v) is 4.09. The van der Waals surface area contributed by atoms with Crippen LogP contribution in [0.1, 0.15) is 41.4 Å². The lowest BCUT2D eigenvalue weighted by molar-refractivity contribution is -0.121. The number of rotatable bonds is 3. The molecule has 0 aliphatic heterocycles. The van der Waals surface area contributed by atoms with Crippen LogP contribution in [-0.4, -0.2) is 20.3 Å². The van der Waals surface area contributed by atoms with Gasteiger partial charge in [-0.05, 0) is 43.4 Å². The molecule has 3 aromatic rings. The summed E-state index contributed by atoms with van der Waals surface area (Å²) in [6.45, 7) is 2.04. The minimum Gasteiger partial charge on any atom is -0.349 e. The lowest BCUT2D eigenvalue weighted by Gasteiger charge is -2.25. The van der Waals surface area contributed by atoms with Crippen molar-refractivity contribution in [2.45, 2.75) is 38.6 Å². The number of hydrogen-bond donors (Lipinski definition) is 1. The average Bonchev–Trinajstić information content (AvgIpc) is 3.09. The largest absolute Gasteiger partial charge is 0.349 e. The first kappa shape index (κ1) is 14.4. The number of hydrogen-bond acceptors (Lipinski definition) is 4. The third kappa shape index (κ3) is 2.74. The van der Waals surface area contributed by atoms with Gasteiger partial charge in [0.2, 0.25) is 5.91 Å². The zero-order valence-electron chi connectivity index (χ0n) is 13.0. The molecule has 1 unspecified atom stereocenters. The van der Waals surface area contributed by atoms with Crippen molar-refractivity contribution in [1.29, 1.82) is 0 Å². The van der Waals surface area contributed by atoms with Gasteiger partial charge in [0.05, 0.1) is 18.2 Å². The molecule has 0 saturated heterocycles. The molecule has 1 atom stereocenters. The number of imidazole rings is 1. The molecule has 23 heavy (non-hydrogen) atoms. The van der Waals surface area contributed by atoms with E-state index in [1.54, 1.807) is 17.5 Å². The van der Waals surface area contributed by atoms with E-state index in [4.69, 9.17) is 0 Å². The number of fused-ring (bicyclic) bond motifs is 2. The Balaban J connectivity index is 1.48. The maximum atomic E-state index is 12.4. The van der Waals surface area contributed by atoms with Crippen LogP contribution in [0.3, 0.4) is 0 Å². The number of amides is 1. The predicted octanol–water partition coefficient (Wildman–Crippen LogP) is 2.84. The van der Waals surface area contributed by atoms with Crippen molar-refractivity contribution >= 4 is 22.2 Å². The van der Waals surface area contributed by atoms with Gasteiger partial charge in [0.15, 0.2) is 4.96 Å². The summed E-state index contributed by atoms with van der Waals surface area (Å²) in [7, 11) is 0. The molecule has 1 amide bonds. The van der Waals surface area contributed by atoms with E-state index in [2.05, 4.69) is 20.7 Å². The molecule has 1 aliphatic carbocycles. The first-order valence-electron chi connectivity index (χ1n) is 7.85. The molecule has 4 rings (SSSR count). The maximum absolute atomic E-state index is 12.4. The predicted molar refractivity (Wildman–Crippen MR) is 89.6 cm³/mol. The second kappa shape index (κ2) is 5.77. The van der Waals surface area contributed by atoms with Gasteiger partial charge in [0.1, 0.15) is 0 Å². The standard InChI is InChI=1S/C17H18N4OS/c1-11-10-23-17-19-13(9-21(11)17)7-16(22)20-15-4-2-3-12-8-18-6-5-14(12)15/h5-6,8-10,15H,2-4,7H2,1H3,(H,20,22). The molecule has 0 fully saturated rings. The molecule has 3 heterocycles. The van der Waals surface area contributed by atoms with Crippen molar-refractivity contribution in [3.63, 3.8) is 0 Å². The van der Waals surface area contributed by atoms with E-state index in [1.807, 2.05) is 29.8 Å². The van der Waals surface area contributed by atoms with Crippen LogP contribution in [0.2, 0.25) is 0 Å². The van der Waals surface area contributed by atoms with Crippen LogP contribution in [0.5, 0.6) is 0 Å². The number of pyridine rings is 1. The van der Waals surface area contributed by atoms with Gasteiger partial charge in [0, 0.05) is 29.7 Å². The molecule has 6 heteroatoms. The molecule has 0 bridgehead atoms. The first-order valence-corrected chi connectivity index (χ1v) is 8.73. The summed E-state index contributed by atoms with van der Waals surface area (Å²) in [5, 5.41) is 5.23. The summed E-state index contributed by atoms with van der Waals surface area (Å²) < 4.78 is 2.04. The fraction of sp³-hybridized carbons (Fsp3) is 0.353. The van der Waals surface area contributed by atoms with Gasteiger partial charge in [-0.1, -0.05) is 0 Å². The normalized spacial score (nSPS) is 17.2. The van der Waals surface area contributed by atoms with Gasteiger partial charge >= 0.3 is 0 Å². The Bertz CT molecular complexity index is 866. The van der Waals surface area contributed by atoms with Crippen LogP contribution in [0.25, 0.3) is 4.96 Å². The lowest BCUT2D eigenvalue weighted by atomic mass is 9.89. The molecule has 0 aromatic carbocycles. The van der Waals surface area contributed by atoms with Crippen LogP contribution >= 0.6 is 11.3 Å². The van der Waals surface area contributed by atoms with E-state index in [-0.39, 0.29) is 11.9 Å². The number of aromatic nitrogens is 3. The minimum absolute atomic E-state index is 0.0306. The van der Waals surface area contributed by atoms with Gasteiger partial charge in [-0.25, -0.2) is 4.98 Å². The highest BCUT2D eigenvalue weighted by molar-refractivity contribution is 7.15. The van der Waals surface area contributed by atoms with Crippen LogP contribution in [-0.2, 0) is 17.6 Å². The Hall–Kier alpha value is -2.21. The Morgan fingerprint density at radius 2 is 2.43 bits per heavy atom. The summed E-state index contributed by atoms with van der Waals surface area (Å²) >= 11 is 1.60. The highest BCUT2D eigenvalue weighted by atomic mass is 32.1. The fourth-order valence-electron chi connectivity index (χ4n) is 3.22. The molecule has 1 N–H and O–H groups in total. The van der Waals surface area contributed by atoms with Gasteiger partial charge in [-0.2, -0.15) is 0 Å². The van der Waals surface area contributed by atoms with Crippen LogP contribution in [0, 0.1) is 6.92 Å². The topological polar surface area (TPSA) is 59.3 Å². The Labute approximate surface area is 138 Å². The zero-order chi connectivity index (χ0) is 15.8. The molecule has 1 aliphatic rings. The number of thiazole rings is 1. The molecule has 0 saturated carbocycles. The smallest absolute Gasteiger partial charge is 0.226 e. The van der Waals surface area contributed by atoms with Crippen LogP contribution in [0.4, 0.5) is 0 Å². The van der Waals surface area contributed by atoms with E-state index in [9.17, 15) is 4.79 Å². The van der Waals surface area contributed by atoms with Gasteiger partial charge < -0.3 is 5.32 Å². The van der Waals surface area contributed by atoms with E-state index in [0.717, 1.165) is 35.6 Å². The molecule has 0 spiro atoms. The van der Waals surface area contributed by atoms with Crippen molar-refractivity contribution < 1.29 is 4.79 Å². The molecule has 5 nitrogen and oxygen atoms in total. The summed E-state index contributed by atoms with van der Waals surface area (Å²) in [5.74, 6) is 0.0306. The quantitative estimate of drug-likeness (QED) is 0.805. The molecular formula is C17H18N4OS. The monoisotopic (exact) mass is 326 g/mol. The average molecular weight is 326 g/mol. The molecule has 3 aromatic heterocycles. The number of aryl methyl sites for hydroxylation is 2. The molecular weight excluding hydrogens is 308 g/mol. The first-order chi connectivity index (χ1) is 11.2. The maximum Gasteiger partial charge on any atom is 0.226 e. The van der Waals surface area contributed by atoms with E-state index in [0.29, 0.717) is 6.42 Å². The van der Waals surface area contributed by atoms with E-state index in [1.165, 1.54) is 11.1 Å². The van der Waals surface area contributed by atoms with Crippen molar-refractivity contribution in [3.8, 4) is 0 Å². The Morgan fingerprint density at radius 3 is 3.30 bits per heavy atom. The molecule has 0 radical (unpaired) electrons. The van der Waals surface area contributed by atoms with Gasteiger partial charge in [-0.15, -0.1) is 11.3 Å². The Morgan fingerprint density at radius 1 is 1.52 bits per heavy atom. The zero-order valence-corrected chi connectivity index (χ0v) is 13.8. The number of nitrogens with zero attached hydrogens (tertiary/aromatic N) is 3. The van der Waals surface area contributed by atoms with E-state index >= 15 is 0 Å².